The highest BCUT2D eigenvalue weighted by atomic mass is 35.5. The molecule has 0 bridgehead atoms. The van der Waals surface area contributed by atoms with Crippen molar-refractivity contribution in [2.75, 3.05) is 26.7 Å². The number of fused-ring (bicyclic) bond motifs is 4. The summed E-state index contributed by atoms with van der Waals surface area (Å²) in [5.41, 5.74) is -1.08. The minimum Gasteiger partial charge on any atom is -0.495 e. The highest BCUT2D eigenvalue weighted by Crippen LogP contribution is 2.47. The molecule has 7 rings (SSSR count). The van der Waals surface area contributed by atoms with E-state index in [1.807, 2.05) is 12.2 Å². The number of hydrogen-bond donors (Lipinski definition) is 3. The summed E-state index contributed by atoms with van der Waals surface area (Å²) in [7, 11) is -2.40. The lowest BCUT2D eigenvalue weighted by molar-refractivity contribution is -0.142. The second-order valence-corrected chi connectivity index (χ2v) is 19.9. The third kappa shape index (κ3) is 8.80. The van der Waals surface area contributed by atoms with Crippen LogP contribution in [0, 0.1) is 17.8 Å². The number of hydrogen-bond acceptors (Lipinski definition) is 11. The predicted octanol–water partition coefficient (Wildman–Crippen LogP) is 4.27. The van der Waals surface area contributed by atoms with Crippen molar-refractivity contribution in [3.8, 4) is 17.0 Å². The van der Waals surface area contributed by atoms with Crippen molar-refractivity contribution in [2.45, 2.75) is 101 Å². The molecule has 2 aliphatic carbocycles. The van der Waals surface area contributed by atoms with E-state index in [1.54, 1.807) is 49.3 Å². The van der Waals surface area contributed by atoms with Gasteiger partial charge in [-0.2, -0.15) is 0 Å². The molecule has 15 nitrogen and oxygen atoms in total. The molecule has 3 N–H and O–H groups in total. The molecule has 6 atom stereocenters. The van der Waals surface area contributed by atoms with E-state index in [-0.39, 0.29) is 42.9 Å². The number of allylic oxidation sites excluding steroid dienone is 1. The molecule has 2 saturated heterocycles. The zero-order valence-corrected chi connectivity index (χ0v) is 34.8. The summed E-state index contributed by atoms with van der Waals surface area (Å²) in [6.07, 6.45) is 7.29. The van der Waals surface area contributed by atoms with E-state index in [2.05, 4.69) is 20.3 Å². The predicted molar refractivity (Wildman–Crippen MR) is 212 cm³/mol. The van der Waals surface area contributed by atoms with Crippen molar-refractivity contribution in [3.63, 3.8) is 0 Å². The van der Waals surface area contributed by atoms with Crippen LogP contribution in [0.25, 0.3) is 11.3 Å². The first-order valence-electron chi connectivity index (χ1n) is 19.4. The third-order valence-corrected chi connectivity index (χ3v) is 14.3. The first kappa shape index (κ1) is 41.0. The number of amides is 5. The van der Waals surface area contributed by atoms with Gasteiger partial charge in [0.05, 0.1) is 23.1 Å². The van der Waals surface area contributed by atoms with Crippen LogP contribution in [0.15, 0.2) is 35.7 Å². The zero-order valence-electron chi connectivity index (χ0n) is 32.4. The largest absolute Gasteiger partial charge is 0.495 e. The topological polar surface area (TPSA) is 193 Å². The van der Waals surface area contributed by atoms with Gasteiger partial charge in [0.2, 0.25) is 21.8 Å². The van der Waals surface area contributed by atoms with Crippen LogP contribution in [0.1, 0.15) is 81.9 Å². The van der Waals surface area contributed by atoms with E-state index < -0.39 is 74.1 Å². The van der Waals surface area contributed by atoms with Gasteiger partial charge in [-0.05, 0) is 77.5 Å². The lowest BCUT2D eigenvalue weighted by Crippen LogP contribution is -2.60. The van der Waals surface area contributed by atoms with Gasteiger partial charge >= 0.3 is 6.09 Å². The number of likely N-dealkylation sites (tertiary alicyclic amines) is 1. The van der Waals surface area contributed by atoms with E-state index in [9.17, 15) is 32.4 Å². The van der Waals surface area contributed by atoms with Gasteiger partial charge in [0, 0.05) is 48.3 Å². The minimum atomic E-state index is -3.92. The van der Waals surface area contributed by atoms with E-state index >= 15 is 0 Å². The molecule has 3 aliphatic heterocycles. The van der Waals surface area contributed by atoms with Crippen LogP contribution in [0.3, 0.4) is 0 Å². The van der Waals surface area contributed by atoms with Crippen LogP contribution in [0.2, 0.25) is 5.02 Å². The van der Waals surface area contributed by atoms with Gasteiger partial charge in [0.25, 0.3) is 11.8 Å². The molecule has 1 aromatic heterocycles. The van der Waals surface area contributed by atoms with Gasteiger partial charge < -0.3 is 29.9 Å². The van der Waals surface area contributed by atoms with Crippen LogP contribution in [0.5, 0.6) is 5.75 Å². The van der Waals surface area contributed by atoms with Gasteiger partial charge in [0.15, 0.2) is 5.01 Å². The monoisotopic (exact) mass is 844 g/mol. The van der Waals surface area contributed by atoms with E-state index in [1.165, 1.54) is 23.3 Å². The number of ether oxygens (including phenoxy) is 2. The summed E-state index contributed by atoms with van der Waals surface area (Å²) < 4.78 is 38.8. The summed E-state index contributed by atoms with van der Waals surface area (Å²) in [6.45, 7) is 5.65. The normalized spacial score (nSPS) is 28.5. The molecule has 5 aliphatic rings. The summed E-state index contributed by atoms with van der Waals surface area (Å²) >= 11 is 7.53. The number of alkyl carbamates (subject to hydrolysis) is 1. The molecule has 1 aromatic carbocycles. The second kappa shape index (κ2) is 15.9. The van der Waals surface area contributed by atoms with E-state index in [0.717, 1.165) is 12.8 Å². The highest BCUT2D eigenvalue weighted by molar-refractivity contribution is 7.91. The maximum atomic E-state index is 14.7. The molecule has 4 fully saturated rings. The van der Waals surface area contributed by atoms with Gasteiger partial charge in [-0.3, -0.25) is 23.9 Å². The Hall–Kier alpha value is -4.22. The molecule has 2 saturated carbocycles. The Morgan fingerprint density at radius 1 is 1.07 bits per heavy atom. The number of thiazole rings is 1. The first-order chi connectivity index (χ1) is 27.0. The third-order valence-electron chi connectivity index (χ3n) is 11.3. The Labute approximate surface area is 341 Å². The summed E-state index contributed by atoms with van der Waals surface area (Å²) in [5.74, 6) is -3.01. The molecule has 0 unspecified atom stereocenters. The van der Waals surface area contributed by atoms with E-state index in [0.29, 0.717) is 54.1 Å². The molecule has 57 heavy (non-hydrogen) atoms. The summed E-state index contributed by atoms with van der Waals surface area (Å²) in [6, 6.07) is 3.11. The fraction of sp³-hybridized carbons (Fsp3) is 0.590. The Morgan fingerprint density at radius 3 is 2.54 bits per heavy atom. The smallest absolute Gasteiger partial charge is 0.408 e. The lowest BCUT2D eigenvalue weighted by Gasteiger charge is -2.33. The van der Waals surface area contributed by atoms with Gasteiger partial charge in [-0.15, -0.1) is 11.3 Å². The number of carbonyl (C=O) groups excluding carboxylic acids is 5. The van der Waals surface area contributed by atoms with Crippen LogP contribution in [-0.4, -0.2) is 108 Å². The van der Waals surface area contributed by atoms with Crippen molar-refractivity contribution < 1.29 is 41.9 Å². The quantitative estimate of drug-likeness (QED) is 0.339. The molecule has 0 radical (unpaired) electrons. The maximum Gasteiger partial charge on any atom is 0.408 e. The molecule has 0 spiro atoms. The Kier molecular flexibility index (Phi) is 11.4. The number of nitrogens with zero attached hydrogens (tertiary/aromatic N) is 3. The van der Waals surface area contributed by atoms with E-state index in [4.69, 9.17) is 21.1 Å². The number of benzene rings is 1. The number of halogens is 1. The molecule has 2 aromatic rings. The number of rotatable bonds is 7. The summed E-state index contributed by atoms with van der Waals surface area (Å²) in [5, 5.41) is 7.44. The molecular formula is C39H49ClN6O9S2. The number of sulfonamides is 1. The fourth-order valence-corrected chi connectivity index (χ4v) is 10.6. The van der Waals surface area contributed by atoms with Gasteiger partial charge in [0.1, 0.15) is 29.0 Å². The van der Waals surface area contributed by atoms with Crippen LogP contribution in [-0.2, 0) is 29.1 Å². The van der Waals surface area contributed by atoms with Gasteiger partial charge in [-0.1, -0.05) is 36.6 Å². The standard InChI is InChI=1S/C39H49ClN6O9S2/c1-38(2,3)55-37(51)42-28-11-9-7-5-6-8-10-24-17-39(24,36(50)44-57(52,53)25-13-14-25)43-32(47)31-26-20-45(18-23(26)19-46(31)34(28)48)35(49)33-41-29(21-56-33)22-12-15-30(54-4)27(40)16-22/h8,10,12,15-16,21,23-26,28,31H,5-7,9,11,13-14,17-20H2,1-4H3,(H,42,51)(H,43,47)(H,44,50)/b10-8-/t23-,24-,26-,28-,31-,39+/m0/s1. The van der Waals surface area contributed by atoms with Gasteiger partial charge in [-0.25, -0.2) is 18.2 Å². The van der Waals surface area contributed by atoms with Crippen LogP contribution in [0.4, 0.5) is 4.79 Å². The number of carbonyl (C=O) groups is 5. The first-order valence-corrected chi connectivity index (χ1v) is 22.2. The van der Waals surface area contributed by atoms with Crippen molar-refractivity contribution in [3.05, 3.63) is 45.8 Å². The second-order valence-electron chi connectivity index (χ2n) is 16.7. The van der Waals surface area contributed by atoms with Crippen molar-refractivity contribution >= 4 is 62.7 Å². The van der Waals surface area contributed by atoms with Crippen LogP contribution >= 0.6 is 22.9 Å². The maximum absolute atomic E-state index is 14.7. The van der Waals surface area contributed by atoms with Crippen LogP contribution < -0.4 is 20.1 Å². The average molecular weight is 845 g/mol. The van der Waals surface area contributed by atoms with Crippen molar-refractivity contribution in [1.82, 2.24) is 30.1 Å². The molecular weight excluding hydrogens is 796 g/mol. The number of nitrogens with one attached hydrogen (secondary N) is 3. The number of methoxy groups -OCH3 is 1. The Morgan fingerprint density at radius 2 is 1.84 bits per heavy atom. The Bertz CT molecular complexity index is 2080. The SMILES string of the molecule is COc1ccc(-c2csc(C(=O)N3C[C@H]4CN5C(=O)[C@@H](NC(=O)OC(C)(C)C)CCCCC/C=C\[C@H]6C[C@@]6(C(=O)NS(=O)(=O)C6CC6)NC(=O)[C@@H]5[C@H]4C3)n2)cc1Cl. The minimum absolute atomic E-state index is 0.115. The lowest BCUT2D eigenvalue weighted by atomic mass is 9.93. The molecule has 5 amide bonds. The Balaban J connectivity index is 1.16. The van der Waals surface area contributed by atoms with Crippen molar-refractivity contribution in [1.29, 1.82) is 0 Å². The summed E-state index contributed by atoms with van der Waals surface area (Å²) in [4.78, 5) is 77.7. The molecule has 308 valence electrons. The zero-order chi connectivity index (χ0) is 40.9. The average Bonchev–Trinajstić information content (AvgIpc) is 3.96. The highest BCUT2D eigenvalue weighted by Gasteiger charge is 2.63. The number of aromatic nitrogens is 1. The fourth-order valence-electron chi connectivity index (χ4n) is 8.15. The molecule has 4 heterocycles. The molecule has 18 heteroatoms. The van der Waals surface area contributed by atoms with Crippen molar-refractivity contribution in [2.24, 2.45) is 17.8 Å².